The van der Waals surface area contributed by atoms with Gasteiger partial charge in [0.25, 0.3) is 0 Å². The van der Waals surface area contributed by atoms with Crippen molar-refractivity contribution in [2.24, 2.45) is 10.8 Å². The summed E-state index contributed by atoms with van der Waals surface area (Å²) in [7, 11) is 3.23. The number of hydrazone groups is 1. The van der Waals surface area contributed by atoms with Crippen molar-refractivity contribution in [3.8, 4) is 17.6 Å². The number of hydrogen-bond donors (Lipinski definition) is 3. The zero-order valence-corrected chi connectivity index (χ0v) is 16.1. The van der Waals surface area contributed by atoms with Crippen molar-refractivity contribution in [2.75, 3.05) is 27.3 Å². The van der Waals surface area contributed by atoms with Gasteiger partial charge in [-0.05, 0) is 34.9 Å². The van der Waals surface area contributed by atoms with Gasteiger partial charge in [-0.3, -0.25) is 10.3 Å². The minimum Gasteiger partial charge on any atom is -0.455 e. The number of guanidine groups is 1. The van der Waals surface area contributed by atoms with Gasteiger partial charge < -0.3 is 14.5 Å². The van der Waals surface area contributed by atoms with Gasteiger partial charge in [-0.15, -0.1) is 4.68 Å². The number of hydrazine groups is 2. The van der Waals surface area contributed by atoms with E-state index >= 15 is 0 Å². The van der Waals surface area contributed by atoms with Gasteiger partial charge in [0.2, 0.25) is 11.7 Å². The van der Waals surface area contributed by atoms with Crippen LogP contribution in [0.1, 0.15) is 12.2 Å². The van der Waals surface area contributed by atoms with Gasteiger partial charge in [0.1, 0.15) is 5.76 Å². The second-order valence-electron chi connectivity index (χ2n) is 5.35. The maximum absolute atomic E-state index is 8.62. The molecule has 144 valence electrons. The molecule has 2 heterocycles. The van der Waals surface area contributed by atoms with Gasteiger partial charge in [0.15, 0.2) is 12.0 Å². The average molecular weight is 391 g/mol. The van der Waals surface area contributed by atoms with Crippen LogP contribution in [0.3, 0.4) is 0 Å². The Morgan fingerprint density at radius 3 is 3.11 bits per heavy atom. The van der Waals surface area contributed by atoms with E-state index in [9.17, 15) is 0 Å². The van der Waals surface area contributed by atoms with E-state index < -0.39 is 0 Å². The Labute approximate surface area is 161 Å². The topological polar surface area (TPSA) is 128 Å². The number of nitriles is 1. The first-order valence-electron chi connectivity index (χ1n) is 8.11. The van der Waals surface area contributed by atoms with E-state index in [2.05, 4.69) is 27.3 Å². The van der Waals surface area contributed by atoms with Crippen LogP contribution in [-0.4, -0.2) is 54.8 Å². The summed E-state index contributed by atoms with van der Waals surface area (Å²) >= 11 is 1.42. The molecule has 0 unspecified atom stereocenters. The fourth-order valence-corrected chi connectivity index (χ4v) is 2.87. The van der Waals surface area contributed by atoms with Crippen molar-refractivity contribution >= 4 is 29.1 Å². The summed E-state index contributed by atoms with van der Waals surface area (Å²) in [6.45, 7) is 5.54. The number of nitrogens with two attached hydrogens (primary N) is 1. The summed E-state index contributed by atoms with van der Waals surface area (Å²) in [5.74, 6) is 7.68. The van der Waals surface area contributed by atoms with E-state index in [0.717, 1.165) is 6.42 Å². The highest BCUT2D eigenvalue weighted by atomic mass is 32.1. The van der Waals surface area contributed by atoms with Crippen LogP contribution >= 0.6 is 11.3 Å². The highest BCUT2D eigenvalue weighted by Crippen LogP contribution is 2.28. The Morgan fingerprint density at radius 1 is 1.59 bits per heavy atom. The van der Waals surface area contributed by atoms with Gasteiger partial charge in [-0.1, -0.05) is 0 Å². The molecule has 27 heavy (non-hydrogen) atoms. The number of methoxy groups -OCH3 is 1. The van der Waals surface area contributed by atoms with Crippen molar-refractivity contribution in [2.45, 2.75) is 13.0 Å². The van der Waals surface area contributed by atoms with Crippen LogP contribution in [0.5, 0.6) is 0 Å². The second kappa shape index (κ2) is 10.3. The van der Waals surface area contributed by atoms with Crippen LogP contribution in [0.25, 0.3) is 11.5 Å². The molecule has 11 heteroatoms. The number of nitrogens with one attached hydrogen (secondary N) is 2. The summed E-state index contributed by atoms with van der Waals surface area (Å²) in [4.78, 5) is 8.43. The zero-order chi connectivity index (χ0) is 19.6. The fourth-order valence-electron chi connectivity index (χ4n) is 2.11. The van der Waals surface area contributed by atoms with Gasteiger partial charge >= 0.3 is 5.13 Å². The van der Waals surface area contributed by atoms with Crippen molar-refractivity contribution in [1.82, 2.24) is 20.7 Å². The highest BCUT2D eigenvalue weighted by Gasteiger charge is 2.21. The van der Waals surface area contributed by atoms with Gasteiger partial charge in [-0.2, -0.15) is 10.4 Å². The number of thiazole rings is 1. The minimum atomic E-state index is 0.371. The Hall–Kier alpha value is -2.94. The molecule has 0 radical (unpaired) electrons. The molecule has 0 spiro atoms. The number of nitrogens with zero attached hydrogens (tertiary/aromatic N) is 5. The lowest BCUT2D eigenvalue weighted by molar-refractivity contribution is -0.620. The quantitative estimate of drug-likeness (QED) is 0.0845. The van der Waals surface area contributed by atoms with E-state index in [-0.39, 0.29) is 0 Å². The first-order valence-corrected chi connectivity index (χ1v) is 8.99. The molecule has 0 fully saturated rings. The smallest absolute Gasteiger partial charge is 0.407 e. The van der Waals surface area contributed by atoms with Crippen LogP contribution in [0.4, 0.5) is 5.13 Å². The van der Waals surface area contributed by atoms with Crippen LogP contribution in [0, 0.1) is 11.5 Å². The molecule has 0 aliphatic rings. The van der Waals surface area contributed by atoms with Gasteiger partial charge in [-0.25, -0.2) is 5.84 Å². The molecule has 2 aromatic heterocycles. The molecule has 0 aliphatic carbocycles. The number of rotatable bonds is 9. The molecular formula is C16H23N8O2S+. The predicted octanol–water partition coefficient (Wildman–Crippen LogP) is 1.02. The molecule has 0 saturated carbocycles. The first-order chi connectivity index (χ1) is 13.1. The number of aliphatic imine (C=N–C) groups is 1. The predicted molar refractivity (Wildman–Crippen MR) is 103 cm³/mol. The van der Waals surface area contributed by atoms with E-state index in [4.69, 9.17) is 20.3 Å². The number of ether oxygens (including phenoxy) is 1. The molecule has 0 saturated heterocycles. The van der Waals surface area contributed by atoms with Crippen LogP contribution < -0.4 is 16.5 Å². The third-order valence-electron chi connectivity index (χ3n) is 3.50. The SMILES string of the molecule is C=[N+](c1nc(-c2ccc(CNC(=NC)NC#N)o2)cs1)N(N)CCCOC. The normalized spacial score (nSPS) is 11.1. The van der Waals surface area contributed by atoms with Gasteiger partial charge in [0.05, 0.1) is 25.2 Å². The van der Waals surface area contributed by atoms with Gasteiger partial charge in [0, 0.05) is 20.8 Å². The summed E-state index contributed by atoms with van der Waals surface area (Å²) < 4.78 is 12.4. The third-order valence-corrected chi connectivity index (χ3v) is 4.35. The molecule has 0 aliphatic heterocycles. The van der Waals surface area contributed by atoms with E-state index in [1.807, 2.05) is 23.7 Å². The molecule has 0 bridgehead atoms. The number of hydrogen-bond acceptors (Lipinski definition) is 8. The molecule has 0 amide bonds. The van der Waals surface area contributed by atoms with Crippen molar-refractivity contribution in [3.05, 3.63) is 23.3 Å². The molecule has 2 aromatic rings. The lowest BCUT2D eigenvalue weighted by Gasteiger charge is -2.14. The fraction of sp³-hybridized carbons (Fsp3) is 0.375. The summed E-state index contributed by atoms with van der Waals surface area (Å²) in [6.07, 6.45) is 2.60. The second-order valence-corrected chi connectivity index (χ2v) is 6.19. The zero-order valence-electron chi connectivity index (χ0n) is 15.3. The summed E-state index contributed by atoms with van der Waals surface area (Å²) in [6, 6.07) is 3.67. The summed E-state index contributed by atoms with van der Waals surface area (Å²) in [5, 5.41) is 18.1. The van der Waals surface area contributed by atoms with E-state index in [0.29, 0.717) is 48.0 Å². The van der Waals surface area contributed by atoms with Crippen molar-refractivity contribution in [1.29, 1.82) is 5.26 Å². The minimum absolute atomic E-state index is 0.371. The molecule has 0 atom stereocenters. The van der Waals surface area contributed by atoms with Crippen molar-refractivity contribution < 1.29 is 13.8 Å². The Morgan fingerprint density at radius 2 is 2.41 bits per heavy atom. The van der Waals surface area contributed by atoms with E-state index in [1.54, 1.807) is 18.8 Å². The van der Waals surface area contributed by atoms with Crippen LogP contribution in [0.2, 0.25) is 0 Å². The maximum Gasteiger partial charge on any atom is 0.407 e. The lowest BCUT2D eigenvalue weighted by Crippen LogP contribution is -2.38. The Bertz CT molecular complexity index is 822. The lowest BCUT2D eigenvalue weighted by atomic mass is 10.3. The molecule has 4 N–H and O–H groups in total. The summed E-state index contributed by atoms with van der Waals surface area (Å²) in [5.41, 5.74) is 0.694. The van der Waals surface area contributed by atoms with Crippen LogP contribution in [0.15, 0.2) is 26.9 Å². The first kappa shape index (κ1) is 20.4. The molecule has 2 rings (SSSR count). The Kier molecular flexibility index (Phi) is 7.75. The molecule has 0 aromatic carbocycles. The number of aromatic nitrogens is 1. The Balaban J connectivity index is 1.97. The molecule has 10 nitrogen and oxygen atoms in total. The monoisotopic (exact) mass is 391 g/mol. The standard InChI is InChI=1S/C16H23N8O2S/c1-19-15(21-11-17)20-9-12-5-6-14(26-12)13-10-27-16(22-13)23(2)24(18)7-4-8-25-3/h5-6,10H,2,4,7-9,18H2,1,3H3,(H2,19,20,21)/q+1. The number of furan rings is 1. The highest BCUT2D eigenvalue weighted by molar-refractivity contribution is 7.13. The third kappa shape index (κ3) is 5.78. The average Bonchev–Trinajstić information content (AvgIpc) is 3.34. The van der Waals surface area contributed by atoms with Crippen molar-refractivity contribution in [3.63, 3.8) is 0 Å². The molecular weight excluding hydrogens is 368 g/mol. The largest absolute Gasteiger partial charge is 0.455 e. The maximum atomic E-state index is 8.62. The van der Waals surface area contributed by atoms with Crippen LogP contribution in [-0.2, 0) is 11.3 Å². The van der Waals surface area contributed by atoms with E-state index in [1.165, 1.54) is 16.5 Å².